The molecule has 0 radical (unpaired) electrons. The largest absolute Gasteiger partial charge is 0.469 e. The van der Waals surface area contributed by atoms with Crippen LogP contribution in [0.5, 0.6) is 0 Å². The van der Waals surface area contributed by atoms with Crippen molar-refractivity contribution in [2.75, 3.05) is 32.3 Å². The van der Waals surface area contributed by atoms with Crippen LogP contribution in [0.3, 0.4) is 0 Å². The molecule has 0 heterocycles. The molecular formula is C36H62N2O8SSi. The van der Waals surface area contributed by atoms with Gasteiger partial charge in [0.1, 0.15) is 5.60 Å². The van der Waals surface area contributed by atoms with Gasteiger partial charge in [0, 0.05) is 13.7 Å². The zero-order chi connectivity index (χ0) is 37.0. The number of hydrazine groups is 1. The van der Waals surface area contributed by atoms with Gasteiger partial charge in [-0.15, -0.1) is 0 Å². The molecule has 1 aromatic carbocycles. The lowest BCUT2D eigenvalue weighted by Crippen LogP contribution is -2.52. The maximum atomic E-state index is 14.0. The lowest BCUT2D eigenvalue weighted by Gasteiger charge is -2.36. The SMILES string of the molecule is COC(=O)C1(Cc2cccc([C@@](C)(CCCC(C)(C)CS(=O)(=O)CCO[Si](C)(C)C(C)(C)C)C(=O)NN(C)C(=O)OC(C)(C)C)c2)CC1. The van der Waals surface area contributed by atoms with Crippen molar-refractivity contribution in [3.05, 3.63) is 35.4 Å². The standard InChI is InChI=1S/C36H62N2O8SSi/c1-32(2,3)46-31(41)38(10)37-29(39)35(9,28-17-14-16-27(24-28)25-36(20-21-36)30(40)44-11)19-15-18-34(7,8)26-47(42,43)23-22-45-48(12,13)33(4,5)6/h14,16-17,24H,15,18-23,25-26H2,1-13H3,(H,37,39)/t35-/m1/s1. The molecule has 2 amide bonds. The van der Waals surface area contributed by atoms with E-state index in [0.717, 1.165) is 29.0 Å². The first-order valence-electron chi connectivity index (χ1n) is 17.0. The zero-order valence-corrected chi connectivity index (χ0v) is 33.6. The summed E-state index contributed by atoms with van der Waals surface area (Å²) in [5.74, 6) is -0.637. The molecule has 48 heavy (non-hydrogen) atoms. The molecule has 2 rings (SSSR count). The number of rotatable bonds is 15. The second kappa shape index (κ2) is 15.2. The topological polar surface area (TPSA) is 128 Å². The van der Waals surface area contributed by atoms with Crippen LogP contribution in [0.2, 0.25) is 18.1 Å². The summed E-state index contributed by atoms with van der Waals surface area (Å²) >= 11 is 0. The molecule has 1 N–H and O–H groups in total. The number of amides is 2. The van der Waals surface area contributed by atoms with E-state index in [9.17, 15) is 22.8 Å². The third-order valence-electron chi connectivity index (χ3n) is 9.82. The normalized spacial score (nSPS) is 16.4. The van der Waals surface area contributed by atoms with E-state index >= 15 is 0 Å². The predicted molar refractivity (Wildman–Crippen MR) is 193 cm³/mol. The minimum absolute atomic E-state index is 0.00311. The van der Waals surface area contributed by atoms with Crippen LogP contribution in [0, 0.1) is 10.8 Å². The van der Waals surface area contributed by atoms with Gasteiger partial charge in [0.25, 0.3) is 0 Å². The van der Waals surface area contributed by atoms with Gasteiger partial charge in [-0.2, -0.15) is 0 Å². The molecule has 12 heteroatoms. The van der Waals surface area contributed by atoms with Gasteiger partial charge in [-0.05, 0) is 94.5 Å². The number of hydrogen-bond donors (Lipinski definition) is 1. The van der Waals surface area contributed by atoms with Crippen molar-refractivity contribution in [2.24, 2.45) is 10.8 Å². The number of ether oxygens (including phenoxy) is 2. The van der Waals surface area contributed by atoms with Crippen LogP contribution in [0.4, 0.5) is 4.79 Å². The number of sulfone groups is 1. The van der Waals surface area contributed by atoms with E-state index in [2.05, 4.69) is 39.3 Å². The van der Waals surface area contributed by atoms with Gasteiger partial charge in [0.15, 0.2) is 18.2 Å². The van der Waals surface area contributed by atoms with E-state index in [1.165, 1.54) is 14.2 Å². The van der Waals surface area contributed by atoms with Crippen LogP contribution in [-0.4, -0.2) is 77.6 Å². The Morgan fingerprint density at radius 2 is 1.58 bits per heavy atom. The fourth-order valence-electron chi connectivity index (χ4n) is 5.58. The van der Waals surface area contributed by atoms with Crippen LogP contribution in [0.15, 0.2) is 24.3 Å². The quantitative estimate of drug-likeness (QED) is 0.117. The number of hydrogen-bond acceptors (Lipinski definition) is 8. The van der Waals surface area contributed by atoms with E-state index in [-0.39, 0.29) is 29.1 Å². The van der Waals surface area contributed by atoms with E-state index in [1.807, 2.05) is 45.0 Å². The van der Waals surface area contributed by atoms with Crippen LogP contribution >= 0.6 is 0 Å². The molecule has 10 nitrogen and oxygen atoms in total. The molecule has 1 fully saturated rings. The van der Waals surface area contributed by atoms with Crippen molar-refractivity contribution in [2.45, 2.75) is 130 Å². The lowest BCUT2D eigenvalue weighted by molar-refractivity contribution is -0.147. The van der Waals surface area contributed by atoms with Crippen molar-refractivity contribution in [3.8, 4) is 0 Å². The number of methoxy groups -OCH3 is 1. The van der Waals surface area contributed by atoms with Crippen LogP contribution in [-0.2, 0) is 45.2 Å². The molecule has 1 aliphatic rings. The summed E-state index contributed by atoms with van der Waals surface area (Å²) in [7, 11) is -2.60. The molecule has 0 bridgehead atoms. The first kappa shape index (κ1) is 41.7. The summed E-state index contributed by atoms with van der Waals surface area (Å²) in [5, 5.41) is 1.05. The second-order valence-corrected chi connectivity index (χ2v) is 24.2. The Hall–Kier alpha value is -2.44. The summed E-state index contributed by atoms with van der Waals surface area (Å²) in [4.78, 5) is 39.2. The molecule has 0 spiro atoms. The molecule has 1 aromatic rings. The van der Waals surface area contributed by atoms with Crippen molar-refractivity contribution in [1.29, 1.82) is 0 Å². The second-order valence-electron chi connectivity index (χ2n) is 17.2. The fourth-order valence-corrected chi connectivity index (χ4v) is 8.59. The van der Waals surface area contributed by atoms with Crippen molar-refractivity contribution >= 4 is 36.1 Å². The summed E-state index contributed by atoms with van der Waals surface area (Å²) in [5.41, 5.74) is 1.48. The minimum Gasteiger partial charge on any atom is -0.469 e. The average molecular weight is 711 g/mol. The monoisotopic (exact) mass is 710 g/mol. The number of carbonyl (C=O) groups is 3. The van der Waals surface area contributed by atoms with Crippen molar-refractivity contribution < 1.29 is 36.7 Å². The molecule has 1 saturated carbocycles. The van der Waals surface area contributed by atoms with Gasteiger partial charge in [0.05, 0.1) is 29.4 Å². The van der Waals surface area contributed by atoms with E-state index < -0.39 is 52.0 Å². The first-order valence-corrected chi connectivity index (χ1v) is 21.7. The molecule has 0 unspecified atom stereocenters. The Kier molecular flexibility index (Phi) is 13.2. The van der Waals surface area contributed by atoms with E-state index in [4.69, 9.17) is 13.9 Å². The van der Waals surface area contributed by atoms with Gasteiger partial charge in [-0.25, -0.2) is 18.2 Å². The highest BCUT2D eigenvalue weighted by Gasteiger charge is 2.51. The van der Waals surface area contributed by atoms with Gasteiger partial charge in [-0.3, -0.25) is 15.0 Å². The van der Waals surface area contributed by atoms with Crippen molar-refractivity contribution in [1.82, 2.24) is 10.4 Å². The first-order chi connectivity index (χ1) is 21.7. The Labute approximate surface area is 291 Å². The molecule has 274 valence electrons. The zero-order valence-electron chi connectivity index (χ0n) is 31.8. The highest BCUT2D eigenvalue weighted by atomic mass is 32.2. The number of esters is 1. The maximum absolute atomic E-state index is 14.0. The van der Waals surface area contributed by atoms with E-state index in [1.54, 1.807) is 20.8 Å². The predicted octanol–water partition coefficient (Wildman–Crippen LogP) is 6.97. The average Bonchev–Trinajstić information content (AvgIpc) is 3.70. The van der Waals surface area contributed by atoms with Crippen LogP contribution in [0.25, 0.3) is 0 Å². The van der Waals surface area contributed by atoms with Gasteiger partial charge in [0.2, 0.25) is 5.91 Å². The summed E-state index contributed by atoms with van der Waals surface area (Å²) in [6.07, 6.45) is 2.83. The summed E-state index contributed by atoms with van der Waals surface area (Å²) < 4.78 is 43.0. The Bertz CT molecular complexity index is 1410. The Morgan fingerprint density at radius 3 is 2.10 bits per heavy atom. The summed E-state index contributed by atoms with van der Waals surface area (Å²) in [6.45, 7) is 21.8. The summed E-state index contributed by atoms with van der Waals surface area (Å²) in [6, 6.07) is 7.66. The molecule has 0 aliphatic heterocycles. The highest BCUT2D eigenvalue weighted by Crippen LogP contribution is 2.49. The third-order valence-corrected chi connectivity index (χ3v) is 16.4. The smallest absolute Gasteiger partial charge is 0.428 e. The highest BCUT2D eigenvalue weighted by molar-refractivity contribution is 7.91. The molecule has 1 atom stereocenters. The van der Waals surface area contributed by atoms with Crippen molar-refractivity contribution in [3.63, 3.8) is 0 Å². The van der Waals surface area contributed by atoms with Gasteiger partial charge >= 0.3 is 12.1 Å². The maximum Gasteiger partial charge on any atom is 0.428 e. The van der Waals surface area contributed by atoms with Crippen LogP contribution < -0.4 is 5.43 Å². The molecule has 0 aromatic heterocycles. The number of nitrogens with one attached hydrogen (secondary N) is 1. The fraction of sp³-hybridized carbons (Fsp3) is 0.750. The Morgan fingerprint density at radius 1 is 0.979 bits per heavy atom. The Balaban J connectivity index is 2.24. The number of nitrogens with zero attached hydrogens (tertiary/aromatic N) is 1. The van der Waals surface area contributed by atoms with E-state index in [0.29, 0.717) is 25.7 Å². The van der Waals surface area contributed by atoms with Crippen LogP contribution in [0.1, 0.15) is 106 Å². The number of carbonyl (C=O) groups excluding carboxylic acids is 3. The third kappa shape index (κ3) is 11.9. The van der Waals surface area contributed by atoms with Gasteiger partial charge < -0.3 is 13.9 Å². The molecule has 0 saturated heterocycles. The molecule has 1 aliphatic carbocycles. The number of benzene rings is 1. The minimum atomic E-state index is -3.39. The van der Waals surface area contributed by atoms with Gasteiger partial charge in [-0.1, -0.05) is 65.3 Å². The molecular weight excluding hydrogens is 649 g/mol. The lowest BCUT2D eigenvalue weighted by atomic mass is 9.75.